The molecule has 4 N–H and O–H groups in total. The van der Waals surface area contributed by atoms with E-state index in [1.807, 2.05) is 24.3 Å². The van der Waals surface area contributed by atoms with E-state index in [-0.39, 0.29) is 11.7 Å². The van der Waals surface area contributed by atoms with Gasteiger partial charge in [0.15, 0.2) is 0 Å². The van der Waals surface area contributed by atoms with E-state index in [1.165, 1.54) is 0 Å². The fourth-order valence-electron chi connectivity index (χ4n) is 2.30. The minimum Gasteiger partial charge on any atom is -0.399 e. The van der Waals surface area contributed by atoms with E-state index < -0.39 is 10.0 Å². The first kappa shape index (κ1) is 18.8. The Bertz CT molecular complexity index is 800. The number of hydrogen-bond donors (Lipinski definition) is 3. The Kier molecular flexibility index (Phi) is 6.41. The van der Waals surface area contributed by atoms with Crippen molar-refractivity contribution in [3.05, 3.63) is 59.7 Å². The van der Waals surface area contributed by atoms with Crippen LogP contribution in [0.1, 0.15) is 29.3 Å². The van der Waals surface area contributed by atoms with Crippen molar-refractivity contribution in [3.8, 4) is 0 Å². The van der Waals surface area contributed by atoms with Gasteiger partial charge in [-0.15, -0.1) is 0 Å². The number of hydrogen-bond acceptors (Lipinski definition) is 4. The zero-order chi connectivity index (χ0) is 18.3. The smallest absolute Gasteiger partial charge is 0.251 e. The van der Waals surface area contributed by atoms with Gasteiger partial charge in [0.25, 0.3) is 5.91 Å². The fraction of sp³-hybridized carbons (Fsp3) is 0.278. The molecular weight excluding hydrogens is 338 g/mol. The van der Waals surface area contributed by atoms with Crippen LogP contribution in [-0.4, -0.2) is 26.6 Å². The summed E-state index contributed by atoms with van der Waals surface area (Å²) in [5.41, 5.74) is 8.37. The lowest BCUT2D eigenvalue weighted by Gasteiger charge is -2.09. The lowest BCUT2D eigenvalue weighted by molar-refractivity contribution is 0.0954. The molecule has 0 atom stereocenters. The third-order valence-corrected chi connectivity index (χ3v) is 5.06. The van der Waals surface area contributed by atoms with Crippen LogP contribution in [0.5, 0.6) is 0 Å². The van der Waals surface area contributed by atoms with Gasteiger partial charge in [0.05, 0.1) is 5.75 Å². The van der Waals surface area contributed by atoms with E-state index in [9.17, 15) is 13.2 Å². The summed E-state index contributed by atoms with van der Waals surface area (Å²) < 4.78 is 25.9. The number of nitrogens with two attached hydrogens (primary N) is 1. The predicted molar refractivity (Wildman–Crippen MR) is 101 cm³/mol. The molecule has 2 aromatic carbocycles. The van der Waals surface area contributed by atoms with Crippen LogP contribution in [-0.2, 0) is 16.4 Å². The van der Waals surface area contributed by atoms with E-state index in [2.05, 4.69) is 10.0 Å². The molecule has 0 radical (unpaired) electrons. The lowest BCUT2D eigenvalue weighted by Crippen LogP contribution is -2.25. The molecule has 25 heavy (non-hydrogen) atoms. The molecule has 0 saturated carbocycles. The Labute approximate surface area is 148 Å². The molecule has 0 heterocycles. The molecule has 134 valence electrons. The third-order valence-electron chi connectivity index (χ3n) is 3.57. The maximum atomic E-state index is 12.1. The molecule has 0 aliphatic carbocycles. The minimum absolute atomic E-state index is 0.0698. The Morgan fingerprint density at radius 2 is 1.68 bits per heavy atom. The number of nitrogens with one attached hydrogen (secondary N) is 2. The standard InChI is InChI=1S/C18H23N3O3S/c1-2-13-25(23,24)21-17-9-5-15(6-10-17)18(22)20-12-11-14-3-7-16(19)8-4-14/h3-10,21H,2,11-13,19H2,1H3,(H,20,22). The molecule has 2 aromatic rings. The highest BCUT2D eigenvalue weighted by molar-refractivity contribution is 7.92. The van der Waals surface area contributed by atoms with Gasteiger partial charge >= 0.3 is 0 Å². The molecule has 0 bridgehead atoms. The summed E-state index contributed by atoms with van der Waals surface area (Å²) in [6.07, 6.45) is 1.25. The van der Waals surface area contributed by atoms with Gasteiger partial charge in [-0.1, -0.05) is 19.1 Å². The van der Waals surface area contributed by atoms with Crippen molar-refractivity contribution >= 4 is 27.3 Å². The number of benzene rings is 2. The number of nitrogen functional groups attached to an aromatic ring is 1. The Hall–Kier alpha value is -2.54. The average Bonchev–Trinajstić information content (AvgIpc) is 2.57. The molecule has 0 saturated heterocycles. The SMILES string of the molecule is CCCS(=O)(=O)Nc1ccc(C(=O)NCCc2ccc(N)cc2)cc1. The van der Waals surface area contributed by atoms with Crippen molar-refractivity contribution in [3.63, 3.8) is 0 Å². The fourth-order valence-corrected chi connectivity index (χ4v) is 3.43. The zero-order valence-electron chi connectivity index (χ0n) is 14.2. The maximum Gasteiger partial charge on any atom is 0.251 e. The second-order valence-electron chi connectivity index (χ2n) is 5.75. The van der Waals surface area contributed by atoms with Crippen LogP contribution in [0.4, 0.5) is 11.4 Å². The summed E-state index contributed by atoms with van der Waals surface area (Å²) in [4.78, 5) is 12.1. The van der Waals surface area contributed by atoms with Crippen LogP contribution in [0.25, 0.3) is 0 Å². The maximum absolute atomic E-state index is 12.1. The van der Waals surface area contributed by atoms with Gasteiger partial charge in [0, 0.05) is 23.5 Å². The van der Waals surface area contributed by atoms with Crippen molar-refractivity contribution in [1.82, 2.24) is 5.32 Å². The molecule has 2 rings (SSSR count). The van der Waals surface area contributed by atoms with Gasteiger partial charge < -0.3 is 11.1 Å². The molecule has 1 amide bonds. The Morgan fingerprint density at radius 3 is 2.28 bits per heavy atom. The van der Waals surface area contributed by atoms with Gasteiger partial charge in [0.2, 0.25) is 10.0 Å². The molecule has 0 spiro atoms. The molecule has 6 nitrogen and oxygen atoms in total. The number of sulfonamides is 1. The van der Waals surface area contributed by atoms with Crippen molar-refractivity contribution in [2.24, 2.45) is 0 Å². The summed E-state index contributed by atoms with van der Waals surface area (Å²) in [5.74, 6) is -0.126. The molecule has 0 unspecified atom stereocenters. The van der Waals surface area contributed by atoms with E-state index in [0.29, 0.717) is 36.3 Å². The highest BCUT2D eigenvalue weighted by Crippen LogP contribution is 2.12. The lowest BCUT2D eigenvalue weighted by atomic mass is 10.1. The van der Waals surface area contributed by atoms with Gasteiger partial charge in [-0.05, 0) is 54.8 Å². The normalized spacial score (nSPS) is 11.1. The summed E-state index contributed by atoms with van der Waals surface area (Å²) in [5, 5.41) is 2.84. The predicted octanol–water partition coefficient (Wildman–Crippen LogP) is 2.39. The molecule has 0 aliphatic rings. The first-order chi connectivity index (χ1) is 11.9. The quantitative estimate of drug-likeness (QED) is 0.628. The van der Waals surface area contributed by atoms with E-state index in [1.54, 1.807) is 31.2 Å². The molecular formula is C18H23N3O3S. The van der Waals surface area contributed by atoms with Gasteiger partial charge in [0.1, 0.15) is 0 Å². The van der Waals surface area contributed by atoms with Crippen LogP contribution in [0.15, 0.2) is 48.5 Å². The van der Waals surface area contributed by atoms with Gasteiger partial charge in [-0.2, -0.15) is 0 Å². The molecule has 7 heteroatoms. The average molecular weight is 361 g/mol. The number of amides is 1. The number of anilines is 2. The number of rotatable bonds is 8. The van der Waals surface area contributed by atoms with Crippen molar-refractivity contribution in [1.29, 1.82) is 0 Å². The molecule has 0 fully saturated rings. The van der Waals surface area contributed by atoms with Crippen LogP contribution in [0.2, 0.25) is 0 Å². The van der Waals surface area contributed by atoms with Crippen molar-refractivity contribution < 1.29 is 13.2 Å². The third kappa shape index (κ3) is 6.11. The number of carbonyl (C=O) groups excluding carboxylic acids is 1. The first-order valence-corrected chi connectivity index (χ1v) is 9.78. The Morgan fingerprint density at radius 1 is 1.04 bits per heavy atom. The topological polar surface area (TPSA) is 101 Å². The first-order valence-electron chi connectivity index (χ1n) is 8.13. The number of carbonyl (C=O) groups is 1. The van der Waals surface area contributed by atoms with E-state index in [0.717, 1.165) is 5.56 Å². The van der Waals surface area contributed by atoms with Crippen molar-refractivity contribution in [2.75, 3.05) is 22.8 Å². The minimum atomic E-state index is -3.33. The molecule has 0 aromatic heterocycles. The largest absolute Gasteiger partial charge is 0.399 e. The second kappa shape index (κ2) is 8.53. The van der Waals surface area contributed by atoms with Gasteiger partial charge in [-0.25, -0.2) is 8.42 Å². The second-order valence-corrected chi connectivity index (χ2v) is 7.59. The Balaban J connectivity index is 1.86. The highest BCUT2D eigenvalue weighted by atomic mass is 32.2. The van der Waals surface area contributed by atoms with Crippen LogP contribution >= 0.6 is 0 Å². The highest BCUT2D eigenvalue weighted by Gasteiger charge is 2.10. The van der Waals surface area contributed by atoms with E-state index in [4.69, 9.17) is 5.73 Å². The van der Waals surface area contributed by atoms with Crippen LogP contribution < -0.4 is 15.8 Å². The summed E-state index contributed by atoms with van der Waals surface area (Å²) >= 11 is 0. The molecule has 0 aliphatic heterocycles. The zero-order valence-corrected chi connectivity index (χ0v) is 15.0. The van der Waals surface area contributed by atoms with Crippen LogP contribution in [0.3, 0.4) is 0 Å². The van der Waals surface area contributed by atoms with Crippen LogP contribution in [0, 0.1) is 0 Å². The monoisotopic (exact) mass is 361 g/mol. The van der Waals surface area contributed by atoms with Crippen molar-refractivity contribution in [2.45, 2.75) is 19.8 Å². The van der Waals surface area contributed by atoms with Gasteiger partial charge in [-0.3, -0.25) is 9.52 Å². The van der Waals surface area contributed by atoms with E-state index >= 15 is 0 Å². The summed E-state index contributed by atoms with van der Waals surface area (Å²) in [6.45, 7) is 2.31. The summed E-state index contributed by atoms with van der Waals surface area (Å²) in [6, 6.07) is 13.9. The summed E-state index contributed by atoms with van der Waals surface area (Å²) in [7, 11) is -3.33.